The molecule has 3 aromatic rings. The van der Waals surface area contributed by atoms with Crippen molar-refractivity contribution < 1.29 is 19.1 Å². The van der Waals surface area contributed by atoms with Crippen molar-refractivity contribution in [3.05, 3.63) is 97.9 Å². The molecule has 0 aromatic heterocycles. The van der Waals surface area contributed by atoms with Crippen molar-refractivity contribution in [1.82, 2.24) is 4.90 Å². The molecule has 9 heteroatoms. The number of carbonyl (C=O) groups is 3. The van der Waals surface area contributed by atoms with E-state index in [0.29, 0.717) is 26.3 Å². The number of nitrogens with one attached hydrogen (secondary N) is 1. The van der Waals surface area contributed by atoms with Crippen molar-refractivity contribution in [3.8, 4) is 5.75 Å². The van der Waals surface area contributed by atoms with Crippen LogP contribution in [0.1, 0.15) is 22.3 Å². The number of ether oxygens (including phenoxy) is 1. The van der Waals surface area contributed by atoms with Gasteiger partial charge in [-0.3, -0.25) is 19.3 Å². The number of imide groups is 1. The minimum Gasteiger partial charge on any atom is -0.484 e. The summed E-state index contributed by atoms with van der Waals surface area (Å²) in [4.78, 5) is 39.0. The zero-order valence-corrected chi connectivity index (χ0v) is 21.8. The van der Waals surface area contributed by atoms with E-state index in [4.69, 9.17) is 27.9 Å². The summed E-state index contributed by atoms with van der Waals surface area (Å²) >= 11 is 13.0. The number of halogens is 2. The lowest BCUT2D eigenvalue weighted by atomic mass is 10.1. The lowest BCUT2D eigenvalue weighted by molar-refractivity contribution is -0.123. The van der Waals surface area contributed by atoms with Gasteiger partial charge in [-0.25, -0.2) is 0 Å². The van der Waals surface area contributed by atoms with Gasteiger partial charge in [0.2, 0.25) is 0 Å². The molecule has 1 N–H and O–H groups in total. The first kappa shape index (κ1) is 25.8. The first-order valence-corrected chi connectivity index (χ1v) is 12.6. The Hall–Kier alpha value is -3.26. The fourth-order valence-electron chi connectivity index (χ4n) is 3.49. The van der Waals surface area contributed by atoms with Crippen LogP contribution in [0.2, 0.25) is 10.0 Å². The average Bonchev–Trinajstić information content (AvgIpc) is 3.10. The molecule has 1 fully saturated rings. The minimum atomic E-state index is -0.389. The molecule has 184 valence electrons. The summed E-state index contributed by atoms with van der Waals surface area (Å²) in [6.07, 6.45) is 1.64. The number of hydrogen-bond acceptors (Lipinski definition) is 5. The number of nitrogens with zero attached hydrogens (tertiary/aromatic N) is 1. The Morgan fingerprint density at radius 1 is 1.06 bits per heavy atom. The van der Waals surface area contributed by atoms with Crippen molar-refractivity contribution in [3.63, 3.8) is 0 Å². The van der Waals surface area contributed by atoms with Crippen molar-refractivity contribution >= 4 is 63.8 Å². The smallest absolute Gasteiger partial charge is 0.293 e. The molecule has 3 aromatic carbocycles. The molecular weight excluding hydrogens is 519 g/mol. The van der Waals surface area contributed by atoms with Gasteiger partial charge in [0.25, 0.3) is 17.1 Å². The van der Waals surface area contributed by atoms with Crippen LogP contribution >= 0.6 is 35.0 Å². The molecule has 0 saturated carbocycles. The summed E-state index contributed by atoms with van der Waals surface area (Å²) < 4.78 is 5.59. The van der Waals surface area contributed by atoms with Crippen LogP contribution in [-0.2, 0) is 16.1 Å². The van der Waals surface area contributed by atoms with Crippen molar-refractivity contribution in [2.45, 2.75) is 20.4 Å². The van der Waals surface area contributed by atoms with E-state index in [0.717, 1.165) is 39.0 Å². The van der Waals surface area contributed by atoms with Crippen LogP contribution in [0.3, 0.4) is 0 Å². The highest BCUT2D eigenvalue weighted by Gasteiger charge is 2.35. The molecule has 36 heavy (non-hydrogen) atoms. The van der Waals surface area contributed by atoms with Gasteiger partial charge in [0, 0.05) is 15.7 Å². The van der Waals surface area contributed by atoms with Gasteiger partial charge in [0.05, 0.1) is 11.4 Å². The van der Waals surface area contributed by atoms with Crippen LogP contribution in [0.5, 0.6) is 5.75 Å². The summed E-state index contributed by atoms with van der Waals surface area (Å²) in [5.74, 6) is -0.143. The Kier molecular flexibility index (Phi) is 8.04. The van der Waals surface area contributed by atoms with E-state index in [2.05, 4.69) is 5.32 Å². The predicted octanol–water partition coefficient (Wildman–Crippen LogP) is 6.86. The maximum Gasteiger partial charge on any atom is 0.293 e. The SMILES string of the molecule is Cc1cccc(NC(=O)COc2ccc(/C=C3\SC(=O)N(Cc4ccc(Cl)cc4Cl)C3=O)cc2)c1C. The van der Waals surface area contributed by atoms with Crippen molar-refractivity contribution in [2.75, 3.05) is 11.9 Å². The highest BCUT2D eigenvalue weighted by Crippen LogP contribution is 2.34. The molecule has 0 spiro atoms. The zero-order chi connectivity index (χ0) is 25.8. The van der Waals surface area contributed by atoms with E-state index in [-0.39, 0.29) is 30.2 Å². The largest absolute Gasteiger partial charge is 0.484 e. The highest BCUT2D eigenvalue weighted by molar-refractivity contribution is 8.18. The molecule has 3 amide bonds. The standard InChI is InChI=1S/C27H22Cl2N2O4S/c1-16-4-3-5-23(17(16)2)30-25(32)15-35-21-10-6-18(7-11-21)12-24-26(33)31(27(34)36-24)14-19-8-9-20(28)13-22(19)29/h3-13H,14-15H2,1-2H3,(H,30,32)/b24-12-. The lowest BCUT2D eigenvalue weighted by Gasteiger charge is -2.13. The number of thioether (sulfide) groups is 1. The van der Waals surface area contributed by atoms with Gasteiger partial charge in [-0.05, 0) is 84.3 Å². The van der Waals surface area contributed by atoms with Crippen LogP contribution in [-0.4, -0.2) is 28.6 Å². The van der Waals surface area contributed by atoms with Gasteiger partial charge < -0.3 is 10.1 Å². The number of rotatable bonds is 7. The molecule has 0 bridgehead atoms. The van der Waals surface area contributed by atoms with E-state index in [1.807, 2.05) is 32.0 Å². The second-order valence-electron chi connectivity index (χ2n) is 8.16. The molecule has 0 unspecified atom stereocenters. The molecule has 0 atom stereocenters. The maximum atomic E-state index is 12.8. The zero-order valence-electron chi connectivity index (χ0n) is 19.5. The van der Waals surface area contributed by atoms with Crippen molar-refractivity contribution in [2.24, 2.45) is 0 Å². The van der Waals surface area contributed by atoms with Gasteiger partial charge >= 0.3 is 0 Å². The third-order valence-electron chi connectivity index (χ3n) is 5.64. The Morgan fingerprint density at radius 3 is 2.53 bits per heavy atom. The Morgan fingerprint density at radius 2 is 1.81 bits per heavy atom. The monoisotopic (exact) mass is 540 g/mol. The number of carbonyl (C=O) groups excluding carboxylic acids is 3. The first-order chi connectivity index (χ1) is 17.2. The van der Waals surface area contributed by atoms with E-state index in [9.17, 15) is 14.4 Å². The number of amides is 3. The molecule has 0 radical (unpaired) electrons. The molecule has 4 rings (SSSR count). The summed E-state index contributed by atoms with van der Waals surface area (Å²) in [7, 11) is 0. The molecule has 6 nitrogen and oxygen atoms in total. The van der Waals surface area contributed by atoms with E-state index in [1.165, 1.54) is 0 Å². The molecule has 1 saturated heterocycles. The average molecular weight is 541 g/mol. The molecule has 1 heterocycles. The third kappa shape index (κ3) is 6.10. The topological polar surface area (TPSA) is 75.7 Å². The summed E-state index contributed by atoms with van der Waals surface area (Å²) in [6.45, 7) is 3.86. The number of anilines is 1. The van der Waals surface area contributed by atoms with Gasteiger partial charge in [-0.15, -0.1) is 0 Å². The summed E-state index contributed by atoms with van der Waals surface area (Å²) in [5.41, 5.74) is 4.21. The van der Waals surface area contributed by atoms with Crippen LogP contribution in [0, 0.1) is 13.8 Å². The number of hydrogen-bond donors (Lipinski definition) is 1. The van der Waals surface area contributed by atoms with Crippen molar-refractivity contribution in [1.29, 1.82) is 0 Å². The summed E-state index contributed by atoms with van der Waals surface area (Å²) in [6, 6.07) is 17.6. The van der Waals surface area contributed by atoms with Crippen LogP contribution < -0.4 is 10.1 Å². The lowest BCUT2D eigenvalue weighted by Crippen LogP contribution is -2.27. The predicted molar refractivity (Wildman–Crippen MR) is 144 cm³/mol. The van der Waals surface area contributed by atoms with E-state index in [1.54, 1.807) is 48.5 Å². The quantitative estimate of drug-likeness (QED) is 0.331. The normalized spacial score (nSPS) is 14.4. The van der Waals surface area contributed by atoms with Crippen LogP contribution in [0.15, 0.2) is 65.6 Å². The minimum absolute atomic E-state index is 0.0644. The summed E-state index contributed by atoms with van der Waals surface area (Å²) in [5, 5.41) is 3.36. The van der Waals surface area contributed by atoms with E-state index >= 15 is 0 Å². The Labute approximate surface area is 223 Å². The maximum absolute atomic E-state index is 12.8. The van der Waals surface area contributed by atoms with Gasteiger partial charge in [-0.2, -0.15) is 0 Å². The van der Waals surface area contributed by atoms with Crippen LogP contribution in [0.25, 0.3) is 6.08 Å². The fraction of sp³-hybridized carbons (Fsp3) is 0.148. The second kappa shape index (κ2) is 11.2. The molecular formula is C27H22Cl2N2O4S. The third-order valence-corrected chi connectivity index (χ3v) is 7.14. The highest BCUT2D eigenvalue weighted by atomic mass is 35.5. The molecule has 1 aliphatic rings. The van der Waals surface area contributed by atoms with Gasteiger partial charge in [0.1, 0.15) is 5.75 Å². The Balaban J connectivity index is 1.36. The number of benzene rings is 3. The molecule has 1 aliphatic heterocycles. The van der Waals surface area contributed by atoms with Gasteiger partial charge in [-0.1, -0.05) is 53.5 Å². The van der Waals surface area contributed by atoms with E-state index < -0.39 is 0 Å². The Bertz CT molecular complexity index is 1370. The van der Waals surface area contributed by atoms with Crippen LogP contribution in [0.4, 0.5) is 10.5 Å². The first-order valence-electron chi connectivity index (χ1n) is 11.0. The second-order valence-corrected chi connectivity index (χ2v) is 9.99. The number of aryl methyl sites for hydroxylation is 1. The van der Waals surface area contributed by atoms with Gasteiger partial charge in [0.15, 0.2) is 6.61 Å². The fourth-order valence-corrected chi connectivity index (χ4v) is 4.80. The molecule has 0 aliphatic carbocycles.